The van der Waals surface area contributed by atoms with Gasteiger partial charge in [-0.15, -0.1) is 0 Å². The molecule has 0 atom stereocenters. The van der Waals surface area contributed by atoms with Gasteiger partial charge < -0.3 is 15.2 Å². The van der Waals surface area contributed by atoms with E-state index in [9.17, 15) is 14.9 Å². The van der Waals surface area contributed by atoms with Crippen molar-refractivity contribution in [2.24, 2.45) is 0 Å². The number of carbonyl (C=O) groups excluding carboxylic acids is 1. The van der Waals surface area contributed by atoms with Crippen molar-refractivity contribution in [2.45, 2.75) is 25.8 Å². The van der Waals surface area contributed by atoms with Crippen molar-refractivity contribution in [3.63, 3.8) is 0 Å². The third-order valence-corrected chi connectivity index (χ3v) is 2.66. The normalized spacial score (nSPS) is 11.0. The quantitative estimate of drug-likeness (QED) is 0.460. The maximum Gasteiger partial charge on any atom is 0.356 e. The van der Waals surface area contributed by atoms with Crippen molar-refractivity contribution < 1.29 is 19.6 Å². The Kier molecular flexibility index (Phi) is 4.98. The Labute approximate surface area is 115 Å². The predicted octanol–water partition coefficient (Wildman–Crippen LogP) is 1.35. The van der Waals surface area contributed by atoms with E-state index in [-0.39, 0.29) is 23.8 Å². The second kappa shape index (κ2) is 6.29. The molecule has 0 aliphatic rings. The third kappa shape index (κ3) is 3.89. The summed E-state index contributed by atoms with van der Waals surface area (Å²) in [6.45, 7) is 3.45. The van der Waals surface area contributed by atoms with Gasteiger partial charge in [0.15, 0.2) is 5.69 Å². The van der Waals surface area contributed by atoms with Crippen LogP contribution in [-0.2, 0) is 4.74 Å². The highest BCUT2D eigenvalue weighted by Gasteiger charge is 2.25. The van der Waals surface area contributed by atoms with Gasteiger partial charge in [-0.25, -0.2) is 9.78 Å². The molecule has 0 unspecified atom stereocenters. The van der Waals surface area contributed by atoms with Crippen molar-refractivity contribution >= 4 is 17.5 Å². The number of nitrogens with zero attached hydrogens (tertiary/aromatic N) is 2. The van der Waals surface area contributed by atoms with Gasteiger partial charge in [0.25, 0.3) is 0 Å². The molecule has 110 valence electrons. The van der Waals surface area contributed by atoms with Crippen molar-refractivity contribution in [1.29, 1.82) is 0 Å². The number of ether oxygens (including phenoxy) is 1. The fraction of sp³-hybridized carbons (Fsp3) is 0.500. The number of hydrogen-bond acceptors (Lipinski definition) is 7. The maximum atomic E-state index is 11.4. The van der Waals surface area contributed by atoms with Crippen LogP contribution in [0, 0.1) is 10.1 Å². The number of nitrogens with one attached hydrogen (secondary N) is 1. The molecule has 0 aliphatic heterocycles. The molecule has 0 radical (unpaired) electrons. The van der Waals surface area contributed by atoms with Crippen LogP contribution in [0.3, 0.4) is 0 Å². The molecule has 1 aromatic heterocycles. The van der Waals surface area contributed by atoms with Gasteiger partial charge in [-0.3, -0.25) is 10.1 Å². The number of pyridine rings is 1. The van der Waals surface area contributed by atoms with E-state index in [4.69, 9.17) is 5.11 Å². The third-order valence-electron chi connectivity index (χ3n) is 2.66. The molecule has 0 spiro atoms. The highest BCUT2D eigenvalue weighted by atomic mass is 16.6. The van der Waals surface area contributed by atoms with E-state index in [0.29, 0.717) is 6.42 Å². The Morgan fingerprint density at radius 3 is 2.70 bits per heavy atom. The number of carbonyl (C=O) groups is 1. The summed E-state index contributed by atoms with van der Waals surface area (Å²) in [5.41, 5.74) is -0.884. The number of rotatable bonds is 6. The minimum absolute atomic E-state index is 0.0274. The largest absolute Gasteiger partial charge is 0.464 e. The second-order valence-electron chi connectivity index (χ2n) is 4.80. The first-order valence-corrected chi connectivity index (χ1v) is 5.93. The van der Waals surface area contributed by atoms with Gasteiger partial charge in [-0.1, -0.05) is 0 Å². The average molecular weight is 283 g/mol. The predicted molar refractivity (Wildman–Crippen MR) is 71.6 cm³/mol. The maximum absolute atomic E-state index is 11.4. The molecule has 1 heterocycles. The lowest BCUT2D eigenvalue weighted by Gasteiger charge is -2.25. The van der Waals surface area contributed by atoms with Gasteiger partial charge in [-0.2, -0.15) is 0 Å². The Bertz CT molecular complexity index is 516. The number of aromatic nitrogens is 1. The van der Waals surface area contributed by atoms with Crippen molar-refractivity contribution in [1.82, 2.24) is 4.98 Å². The van der Waals surface area contributed by atoms with Crippen LogP contribution in [0.2, 0.25) is 0 Å². The topological polar surface area (TPSA) is 115 Å². The second-order valence-corrected chi connectivity index (χ2v) is 4.80. The molecule has 0 fully saturated rings. The summed E-state index contributed by atoms with van der Waals surface area (Å²) >= 11 is 0. The van der Waals surface area contributed by atoms with E-state index in [1.807, 2.05) is 0 Å². The van der Waals surface area contributed by atoms with Crippen molar-refractivity contribution in [3.8, 4) is 0 Å². The Morgan fingerprint density at radius 1 is 1.55 bits per heavy atom. The van der Waals surface area contributed by atoms with E-state index in [2.05, 4.69) is 15.0 Å². The number of anilines is 1. The van der Waals surface area contributed by atoms with Crippen LogP contribution >= 0.6 is 0 Å². The molecular formula is C12H17N3O5. The van der Waals surface area contributed by atoms with E-state index < -0.39 is 16.4 Å². The molecule has 1 rings (SSSR count). The van der Waals surface area contributed by atoms with Gasteiger partial charge in [0.1, 0.15) is 0 Å². The van der Waals surface area contributed by atoms with Gasteiger partial charge in [-0.05, 0) is 26.3 Å². The molecule has 0 aliphatic carbocycles. The summed E-state index contributed by atoms with van der Waals surface area (Å²) in [5.74, 6) is -0.709. The minimum atomic E-state index is -0.678. The molecule has 20 heavy (non-hydrogen) atoms. The van der Waals surface area contributed by atoms with Gasteiger partial charge in [0.05, 0.1) is 12.0 Å². The van der Waals surface area contributed by atoms with Crippen molar-refractivity contribution in [2.75, 3.05) is 19.0 Å². The smallest absolute Gasteiger partial charge is 0.356 e. The van der Waals surface area contributed by atoms with Crippen LogP contribution in [0.4, 0.5) is 11.5 Å². The van der Waals surface area contributed by atoms with Crippen LogP contribution < -0.4 is 5.32 Å². The van der Waals surface area contributed by atoms with Crippen LogP contribution in [0.5, 0.6) is 0 Å². The molecule has 0 aromatic carbocycles. The van der Waals surface area contributed by atoms with Crippen LogP contribution in [0.15, 0.2) is 12.1 Å². The molecule has 8 heteroatoms. The van der Waals surface area contributed by atoms with Gasteiger partial charge >= 0.3 is 11.7 Å². The summed E-state index contributed by atoms with van der Waals surface area (Å²) in [7, 11) is 1.20. The summed E-state index contributed by atoms with van der Waals surface area (Å²) in [6, 6.07) is 2.42. The number of nitro groups is 1. The average Bonchev–Trinajstić information content (AvgIpc) is 2.36. The highest BCUT2D eigenvalue weighted by molar-refractivity contribution is 5.88. The number of aliphatic hydroxyl groups excluding tert-OH is 1. The first-order valence-electron chi connectivity index (χ1n) is 5.93. The van der Waals surface area contributed by atoms with Crippen LogP contribution in [0.25, 0.3) is 0 Å². The monoisotopic (exact) mass is 283 g/mol. The fourth-order valence-corrected chi connectivity index (χ4v) is 1.57. The fourth-order valence-electron chi connectivity index (χ4n) is 1.57. The number of aliphatic hydroxyl groups is 1. The zero-order valence-electron chi connectivity index (χ0n) is 11.5. The molecule has 0 saturated heterocycles. The zero-order chi connectivity index (χ0) is 15.3. The van der Waals surface area contributed by atoms with Gasteiger partial charge in [0, 0.05) is 18.2 Å². The van der Waals surface area contributed by atoms with E-state index in [1.54, 1.807) is 13.8 Å². The molecular weight excluding hydrogens is 266 g/mol. The molecule has 2 N–H and O–H groups in total. The van der Waals surface area contributed by atoms with E-state index >= 15 is 0 Å². The molecule has 0 bridgehead atoms. The lowest BCUT2D eigenvalue weighted by atomic mass is 10.0. The first-order chi connectivity index (χ1) is 9.30. The number of methoxy groups -OCH3 is 1. The number of esters is 1. The van der Waals surface area contributed by atoms with Crippen LogP contribution in [-0.4, -0.2) is 40.2 Å². The van der Waals surface area contributed by atoms with E-state index in [0.717, 1.165) is 0 Å². The molecule has 1 aromatic rings. The highest BCUT2D eigenvalue weighted by Crippen LogP contribution is 2.26. The minimum Gasteiger partial charge on any atom is -0.464 e. The molecule has 0 saturated carbocycles. The summed E-state index contributed by atoms with van der Waals surface area (Å²) in [4.78, 5) is 25.7. The summed E-state index contributed by atoms with van der Waals surface area (Å²) < 4.78 is 4.53. The SMILES string of the molecule is COC(=O)c1ccc([N+](=O)[O-])c(NC(C)(C)CCO)n1. The molecule has 0 amide bonds. The zero-order valence-corrected chi connectivity index (χ0v) is 11.5. The van der Waals surface area contributed by atoms with Crippen molar-refractivity contribution in [3.05, 3.63) is 27.9 Å². The Balaban J connectivity index is 3.19. The first kappa shape index (κ1) is 15.8. The lowest BCUT2D eigenvalue weighted by molar-refractivity contribution is -0.384. The molecule has 8 nitrogen and oxygen atoms in total. The summed E-state index contributed by atoms with van der Waals surface area (Å²) in [5, 5.41) is 22.8. The van der Waals surface area contributed by atoms with E-state index in [1.165, 1.54) is 19.2 Å². The number of hydrogen-bond donors (Lipinski definition) is 2. The Hall–Kier alpha value is -2.22. The Morgan fingerprint density at radius 2 is 2.20 bits per heavy atom. The summed E-state index contributed by atoms with van der Waals surface area (Å²) in [6.07, 6.45) is 0.369. The van der Waals surface area contributed by atoms with Gasteiger partial charge in [0.2, 0.25) is 5.82 Å². The lowest BCUT2D eigenvalue weighted by Crippen LogP contribution is -2.33. The van der Waals surface area contributed by atoms with Crippen LogP contribution in [0.1, 0.15) is 30.8 Å². The standard InChI is InChI=1S/C12H17N3O5/c1-12(2,6-7-16)14-10-9(15(18)19)5-4-8(13-10)11(17)20-3/h4-5,16H,6-7H2,1-3H3,(H,13,14).